The number of ether oxygens (including phenoxy) is 2. The summed E-state index contributed by atoms with van der Waals surface area (Å²) in [6, 6.07) is 11.7. The van der Waals surface area contributed by atoms with Crippen LogP contribution in [0.2, 0.25) is 0 Å². The Labute approximate surface area is 361 Å². The first-order valence-corrected chi connectivity index (χ1v) is 20.1. The van der Waals surface area contributed by atoms with Crippen molar-refractivity contribution in [3.05, 3.63) is 86.5 Å². The maximum Gasteiger partial charge on any atom is 0.552 e. The summed E-state index contributed by atoms with van der Waals surface area (Å²) in [7, 11) is -1.79. The molecule has 0 aliphatic carbocycles. The number of hydrogen-bond acceptors (Lipinski definition) is 14. The number of anilines is 3. The Balaban J connectivity index is 0.000000169. The standard InChI is InChI=1S/C20H22BN5O4.C10H10BBrO2.C10H13N5O2/c1-11-5-14(6-15-12(2)7-21(28)30-18(11)15)24-20-16(19(23)27)9-26(25-20)17-10-29-4-3-13(17)8-22;1-6-3-8(12)4-9-7(2)5-11(13)14-10(6)9;11-3-6-1-2-17-5-8(6)15-4-7(10(13)16)9(12)14-15/h5-7,9,13,17,28H,3-4,10H2,1-2H3,(H2,23,27)(H,24,25);3-5,13H,1-2H3;4,6,8H,1-2,5H2,(H2,12,14)(H2,13,16)/t13-,17+;;6-,8?/m1.1/s1. The Hall–Kier alpha value is -6.09. The van der Waals surface area contributed by atoms with Crippen molar-refractivity contribution in [2.24, 2.45) is 23.3 Å². The molecular formula is C40H45B2BrN10O8. The normalized spacial score (nSPS) is 20.2. The number of nitrogens with one attached hydrogen (secondary N) is 1. The summed E-state index contributed by atoms with van der Waals surface area (Å²) in [5, 5.41) is 49.4. The van der Waals surface area contributed by atoms with Gasteiger partial charge >= 0.3 is 14.2 Å². The van der Waals surface area contributed by atoms with E-state index in [1.807, 2.05) is 52.0 Å². The van der Waals surface area contributed by atoms with Crippen LogP contribution in [0.1, 0.15) is 81.7 Å². The van der Waals surface area contributed by atoms with Gasteiger partial charge in [-0.05, 0) is 99.0 Å². The van der Waals surface area contributed by atoms with Crippen LogP contribution in [0.3, 0.4) is 0 Å². The number of nitrogen functional groups attached to an aromatic ring is 1. The molecule has 0 radical (unpaired) electrons. The minimum atomic E-state index is -0.974. The van der Waals surface area contributed by atoms with Crippen LogP contribution in [-0.2, 0) is 9.47 Å². The SMILES string of the molecule is CC1=CB(O)Oc2c(C)cc(Br)cc21.CC1=CB(O)Oc2c(C)cc(Nc3nn([C@H]4COCC[C@@H]4C#N)cc3C(N)=O)cc21.N#C[C@H]1CCOCC1n1cc(C(N)=O)c(N)n1. The molecule has 2 fully saturated rings. The van der Waals surface area contributed by atoms with Gasteiger partial charge in [-0.1, -0.05) is 15.9 Å². The van der Waals surface area contributed by atoms with E-state index in [0.717, 1.165) is 43.6 Å². The van der Waals surface area contributed by atoms with Gasteiger partial charge in [-0.3, -0.25) is 19.0 Å². The number of hydrogen-bond donors (Lipinski definition) is 6. The predicted molar refractivity (Wildman–Crippen MR) is 231 cm³/mol. The molecule has 4 aliphatic heterocycles. The lowest BCUT2D eigenvalue weighted by molar-refractivity contribution is 0.0341. The molecule has 0 bridgehead atoms. The molecule has 0 saturated carbocycles. The zero-order chi connectivity index (χ0) is 44.1. The van der Waals surface area contributed by atoms with Crippen molar-refractivity contribution >= 4 is 70.5 Å². The van der Waals surface area contributed by atoms with Gasteiger partial charge < -0.3 is 51.3 Å². The molecule has 6 heterocycles. The summed E-state index contributed by atoms with van der Waals surface area (Å²) in [5.74, 6) is 3.42. The van der Waals surface area contributed by atoms with Gasteiger partial charge in [0.2, 0.25) is 0 Å². The highest BCUT2D eigenvalue weighted by Crippen LogP contribution is 2.38. The van der Waals surface area contributed by atoms with Crippen molar-refractivity contribution in [3.63, 3.8) is 0 Å². The molecule has 18 nitrogen and oxygen atoms in total. The average Bonchev–Trinajstić information content (AvgIpc) is 3.83. The van der Waals surface area contributed by atoms with E-state index in [9.17, 15) is 24.9 Å². The van der Waals surface area contributed by atoms with Gasteiger partial charge in [0.25, 0.3) is 11.8 Å². The number of fused-ring (bicyclic) bond motifs is 2. The molecule has 2 saturated heterocycles. The Kier molecular flexibility index (Phi) is 13.9. The lowest BCUT2D eigenvalue weighted by atomic mass is 9.82. The van der Waals surface area contributed by atoms with Gasteiger partial charge in [0, 0.05) is 46.9 Å². The lowest BCUT2D eigenvalue weighted by Gasteiger charge is -2.27. The number of aryl methyl sites for hydroxylation is 2. The molecule has 61 heavy (non-hydrogen) atoms. The molecule has 4 aromatic rings. The molecule has 9 N–H and O–H groups in total. The third-order valence-corrected chi connectivity index (χ3v) is 11.0. The number of nitrogens with zero attached hydrogens (tertiary/aromatic N) is 6. The first-order chi connectivity index (χ1) is 29.1. The molecule has 2 amide bonds. The van der Waals surface area contributed by atoms with E-state index in [2.05, 4.69) is 43.6 Å². The van der Waals surface area contributed by atoms with Crippen LogP contribution in [0.5, 0.6) is 11.5 Å². The third-order valence-electron chi connectivity index (χ3n) is 10.6. The third kappa shape index (κ3) is 10.1. The summed E-state index contributed by atoms with van der Waals surface area (Å²) >= 11 is 3.44. The maximum atomic E-state index is 12.0. The monoisotopic (exact) mass is 894 g/mol. The van der Waals surface area contributed by atoms with E-state index in [-0.39, 0.29) is 40.9 Å². The zero-order valence-corrected chi connectivity index (χ0v) is 35.5. The van der Waals surface area contributed by atoms with Crippen molar-refractivity contribution in [2.75, 3.05) is 37.5 Å². The smallest absolute Gasteiger partial charge is 0.532 e. The van der Waals surface area contributed by atoms with Crippen molar-refractivity contribution in [1.29, 1.82) is 10.5 Å². The topological polar surface area (TPSA) is 285 Å². The van der Waals surface area contributed by atoms with Gasteiger partial charge in [-0.25, -0.2) is 0 Å². The molecule has 2 aromatic carbocycles. The van der Waals surface area contributed by atoms with E-state index in [1.54, 1.807) is 22.8 Å². The molecule has 21 heteroatoms. The highest BCUT2D eigenvalue weighted by molar-refractivity contribution is 9.10. The van der Waals surface area contributed by atoms with Gasteiger partial charge in [0.15, 0.2) is 11.6 Å². The first kappa shape index (κ1) is 44.5. The maximum absolute atomic E-state index is 12.0. The van der Waals surface area contributed by atoms with E-state index in [0.29, 0.717) is 56.5 Å². The summed E-state index contributed by atoms with van der Waals surface area (Å²) < 4.78 is 25.8. The Morgan fingerprint density at radius 3 is 1.80 bits per heavy atom. The van der Waals surface area contributed by atoms with Crippen LogP contribution in [-0.4, -0.2) is 82.1 Å². The fourth-order valence-corrected chi connectivity index (χ4v) is 7.97. The number of nitriles is 2. The predicted octanol–water partition coefficient (Wildman–Crippen LogP) is 4.19. The number of aromatic nitrogens is 4. The number of carbonyl (C=O) groups excluding carboxylic acids is 2. The molecule has 8 rings (SSSR count). The van der Waals surface area contributed by atoms with Crippen LogP contribution in [0.25, 0.3) is 11.1 Å². The van der Waals surface area contributed by atoms with Gasteiger partial charge in [-0.15, -0.1) is 0 Å². The molecule has 2 aromatic heterocycles. The van der Waals surface area contributed by atoms with Gasteiger partial charge in [0.05, 0.1) is 49.3 Å². The fraction of sp³-hybridized carbons (Fsp3) is 0.350. The van der Waals surface area contributed by atoms with Crippen molar-refractivity contribution < 1.29 is 38.4 Å². The second-order valence-electron chi connectivity index (χ2n) is 15.0. The molecule has 316 valence electrons. The zero-order valence-electron chi connectivity index (χ0n) is 34.0. The molecule has 4 atom stereocenters. The number of benzene rings is 2. The minimum Gasteiger partial charge on any atom is -0.532 e. The van der Waals surface area contributed by atoms with E-state index in [1.165, 1.54) is 10.9 Å². The highest BCUT2D eigenvalue weighted by Gasteiger charge is 2.31. The van der Waals surface area contributed by atoms with Crippen LogP contribution in [0.4, 0.5) is 17.3 Å². The summed E-state index contributed by atoms with van der Waals surface area (Å²) in [5.41, 5.74) is 23.1. The Morgan fingerprint density at radius 2 is 1.30 bits per heavy atom. The summed E-state index contributed by atoms with van der Waals surface area (Å²) in [4.78, 5) is 23.1. The van der Waals surface area contributed by atoms with Crippen LogP contribution < -0.4 is 31.8 Å². The van der Waals surface area contributed by atoms with Gasteiger partial charge in [-0.2, -0.15) is 20.7 Å². The molecular weight excluding hydrogens is 850 g/mol. The number of rotatable bonds is 6. The number of halogens is 1. The first-order valence-electron chi connectivity index (χ1n) is 19.3. The van der Waals surface area contributed by atoms with Crippen molar-refractivity contribution in [3.8, 4) is 23.6 Å². The molecule has 1 unspecified atom stereocenters. The quantitative estimate of drug-likeness (QED) is 0.148. The van der Waals surface area contributed by atoms with Gasteiger partial charge in [0.1, 0.15) is 22.6 Å². The lowest BCUT2D eigenvalue weighted by Crippen LogP contribution is -2.29. The number of carbonyl (C=O) groups is 2. The number of allylic oxidation sites excluding steroid dienone is 2. The number of nitrogens with two attached hydrogens (primary N) is 3. The molecule has 4 aliphatic rings. The second kappa shape index (κ2) is 19.1. The summed E-state index contributed by atoms with van der Waals surface area (Å²) in [6.45, 7) is 9.53. The van der Waals surface area contributed by atoms with Crippen LogP contribution in [0.15, 0.2) is 53.1 Å². The van der Waals surface area contributed by atoms with Crippen molar-refractivity contribution in [1.82, 2.24) is 19.6 Å². The minimum absolute atomic E-state index is 0.0831. The van der Waals surface area contributed by atoms with E-state index < -0.39 is 26.1 Å². The van der Waals surface area contributed by atoms with Crippen LogP contribution in [0, 0.1) is 48.3 Å². The Bertz CT molecular complexity index is 2480. The molecule has 0 spiro atoms. The second-order valence-corrected chi connectivity index (χ2v) is 15.9. The van der Waals surface area contributed by atoms with Crippen LogP contribution >= 0.6 is 15.9 Å². The fourth-order valence-electron chi connectivity index (χ4n) is 7.40. The Morgan fingerprint density at radius 1 is 0.803 bits per heavy atom. The van der Waals surface area contributed by atoms with E-state index >= 15 is 0 Å². The summed E-state index contributed by atoms with van der Waals surface area (Å²) in [6.07, 6.45) is 4.29. The number of amides is 2. The number of primary amides is 2. The highest BCUT2D eigenvalue weighted by atomic mass is 79.9. The average molecular weight is 895 g/mol. The van der Waals surface area contributed by atoms with Crippen molar-refractivity contribution in [2.45, 2.75) is 52.6 Å². The van der Waals surface area contributed by atoms with E-state index in [4.69, 9.17) is 41.2 Å². The largest absolute Gasteiger partial charge is 0.552 e.